The van der Waals surface area contributed by atoms with Gasteiger partial charge in [-0.3, -0.25) is 4.90 Å². The zero-order valence-corrected chi connectivity index (χ0v) is 14.0. The van der Waals surface area contributed by atoms with E-state index in [4.69, 9.17) is 4.74 Å². The summed E-state index contributed by atoms with van der Waals surface area (Å²) in [5.74, 6) is -0.177. The summed E-state index contributed by atoms with van der Waals surface area (Å²) in [5, 5.41) is 0. The fourth-order valence-corrected chi connectivity index (χ4v) is 4.66. The highest BCUT2D eigenvalue weighted by Gasteiger charge is 2.53. The minimum Gasteiger partial charge on any atom is -0.441 e. The van der Waals surface area contributed by atoms with Crippen molar-refractivity contribution in [3.05, 3.63) is 65.0 Å². The van der Waals surface area contributed by atoms with Gasteiger partial charge in [0.05, 0.1) is 12.6 Å². The van der Waals surface area contributed by atoms with Crippen LogP contribution in [0.1, 0.15) is 37.7 Å². The van der Waals surface area contributed by atoms with Crippen molar-refractivity contribution < 1.29 is 13.9 Å². The molecule has 0 N–H and O–H groups in total. The van der Waals surface area contributed by atoms with Crippen molar-refractivity contribution >= 4 is 11.7 Å². The van der Waals surface area contributed by atoms with Crippen molar-refractivity contribution in [1.82, 2.24) is 4.90 Å². The SMILES string of the molecule is O=C1OC2(CCCCC2)CN1C1c2ccc(-c3ccccc3)c1c2F. The predicted molar refractivity (Wildman–Crippen MR) is 93.4 cm³/mol. The molecule has 3 aliphatic carbocycles. The van der Waals surface area contributed by atoms with Gasteiger partial charge in [-0.05, 0) is 36.8 Å². The molecule has 25 heavy (non-hydrogen) atoms. The fourth-order valence-electron chi connectivity index (χ4n) is 4.66. The fraction of sp³-hybridized carbons (Fsp3) is 0.381. The van der Waals surface area contributed by atoms with E-state index in [0.717, 1.165) is 36.8 Å². The van der Waals surface area contributed by atoms with Gasteiger partial charge in [0.15, 0.2) is 0 Å². The van der Waals surface area contributed by atoms with Gasteiger partial charge in [-0.1, -0.05) is 48.9 Å². The average molecular weight is 337 g/mol. The quantitative estimate of drug-likeness (QED) is 0.778. The zero-order valence-electron chi connectivity index (χ0n) is 14.0. The molecule has 1 saturated carbocycles. The van der Waals surface area contributed by atoms with Gasteiger partial charge in [0.1, 0.15) is 11.4 Å². The number of rotatable bonds is 2. The van der Waals surface area contributed by atoms with Gasteiger partial charge in [0, 0.05) is 11.1 Å². The standard InChI is InChI=1S/C21H20FNO2/c22-18-16-10-9-15(14-7-3-1-4-8-14)17(18)19(16)23-13-21(25-20(23)24)11-5-2-6-12-21/h1,3-4,7-10,19H,2,5-6,11-13H2. The van der Waals surface area contributed by atoms with Gasteiger partial charge < -0.3 is 4.74 Å². The maximum Gasteiger partial charge on any atom is 0.411 e. The maximum absolute atomic E-state index is 14.6. The molecule has 4 heteroatoms. The lowest BCUT2D eigenvalue weighted by molar-refractivity contribution is 0.0260. The lowest BCUT2D eigenvalue weighted by Gasteiger charge is -2.41. The summed E-state index contributed by atoms with van der Waals surface area (Å²) in [5.41, 5.74) is 2.74. The van der Waals surface area contributed by atoms with Crippen LogP contribution in [0, 0.1) is 0 Å². The van der Waals surface area contributed by atoms with Crippen molar-refractivity contribution in [2.45, 2.75) is 43.7 Å². The normalized spacial score (nSPS) is 27.0. The van der Waals surface area contributed by atoms with Crippen molar-refractivity contribution in [3.8, 4) is 0 Å². The summed E-state index contributed by atoms with van der Waals surface area (Å²) < 4.78 is 20.4. The van der Waals surface area contributed by atoms with Crippen molar-refractivity contribution in [1.29, 1.82) is 0 Å². The second-order valence-corrected chi connectivity index (χ2v) is 7.44. The van der Waals surface area contributed by atoms with Gasteiger partial charge in [-0.15, -0.1) is 0 Å². The lowest BCUT2D eigenvalue weighted by atomic mass is 9.73. The Morgan fingerprint density at radius 3 is 2.56 bits per heavy atom. The smallest absolute Gasteiger partial charge is 0.411 e. The maximum atomic E-state index is 14.6. The second-order valence-electron chi connectivity index (χ2n) is 7.44. The Balaban J connectivity index is 1.46. The summed E-state index contributed by atoms with van der Waals surface area (Å²) in [6, 6.07) is 9.50. The van der Waals surface area contributed by atoms with Crippen molar-refractivity contribution in [2.75, 3.05) is 6.54 Å². The van der Waals surface area contributed by atoms with Crippen molar-refractivity contribution in [2.24, 2.45) is 0 Å². The Bertz CT molecular complexity index is 831. The molecule has 3 nitrogen and oxygen atoms in total. The Morgan fingerprint density at radius 1 is 1.08 bits per heavy atom. The van der Waals surface area contributed by atoms with Gasteiger partial charge in [-0.25, -0.2) is 9.18 Å². The molecule has 2 bridgehead atoms. The summed E-state index contributed by atoms with van der Waals surface area (Å²) >= 11 is 0. The highest BCUT2D eigenvalue weighted by atomic mass is 19.1. The number of carbonyl (C=O) groups is 1. The van der Waals surface area contributed by atoms with E-state index in [1.807, 2.05) is 42.5 Å². The molecule has 1 atom stereocenters. The largest absolute Gasteiger partial charge is 0.441 e. The highest BCUT2D eigenvalue weighted by molar-refractivity contribution is 5.92. The summed E-state index contributed by atoms with van der Waals surface area (Å²) in [6.45, 7) is 0.576. The third kappa shape index (κ3) is 2.13. The number of benzene rings is 1. The summed E-state index contributed by atoms with van der Waals surface area (Å²) in [7, 11) is 0. The van der Waals surface area contributed by atoms with E-state index in [-0.39, 0.29) is 23.6 Å². The molecule has 1 saturated heterocycles. The zero-order chi connectivity index (χ0) is 17.0. The molecular weight excluding hydrogens is 317 g/mol. The highest BCUT2D eigenvalue weighted by Crippen LogP contribution is 2.51. The van der Waals surface area contributed by atoms with Crippen LogP contribution in [0.4, 0.5) is 9.18 Å². The van der Waals surface area contributed by atoms with E-state index >= 15 is 0 Å². The molecule has 1 amide bonds. The minimum atomic E-state index is -0.354. The molecule has 1 aliphatic heterocycles. The van der Waals surface area contributed by atoms with Crippen LogP contribution in [0.3, 0.4) is 0 Å². The summed E-state index contributed by atoms with van der Waals surface area (Å²) in [6.07, 6.45) is 8.72. The van der Waals surface area contributed by atoms with Gasteiger partial charge >= 0.3 is 6.09 Å². The molecule has 1 heterocycles. The molecule has 1 unspecified atom stereocenters. The Kier molecular flexibility index (Phi) is 3.18. The number of hydrogen-bond acceptors (Lipinski definition) is 2. The van der Waals surface area contributed by atoms with Gasteiger partial charge in [0.2, 0.25) is 0 Å². The Labute approximate surface area is 146 Å². The van der Waals surface area contributed by atoms with Crippen LogP contribution in [0.15, 0.2) is 59.5 Å². The first kappa shape index (κ1) is 14.9. The monoisotopic (exact) mass is 337 g/mol. The van der Waals surface area contributed by atoms with Crippen LogP contribution in [-0.4, -0.2) is 29.2 Å². The lowest BCUT2D eigenvalue weighted by Crippen LogP contribution is -2.47. The number of amides is 1. The number of allylic oxidation sites excluding steroid dienone is 2. The first-order valence-electron chi connectivity index (χ1n) is 9.06. The first-order valence-corrected chi connectivity index (χ1v) is 9.06. The molecule has 5 rings (SSSR count). The van der Waals surface area contributed by atoms with Crippen LogP contribution < -0.4 is 0 Å². The predicted octanol–water partition coefficient (Wildman–Crippen LogP) is 4.77. The number of carbonyl (C=O) groups excluding carboxylic acids is 1. The van der Waals surface area contributed by atoms with E-state index in [0.29, 0.717) is 17.7 Å². The Hall–Kier alpha value is -2.36. The van der Waals surface area contributed by atoms with Crippen molar-refractivity contribution in [3.63, 3.8) is 0 Å². The summed E-state index contributed by atoms with van der Waals surface area (Å²) in [4.78, 5) is 14.3. The number of fused-ring (bicyclic) bond motifs is 2. The molecule has 4 aliphatic rings. The number of halogens is 1. The molecule has 1 aromatic rings. The van der Waals surface area contributed by atoms with Crippen LogP contribution in [0.25, 0.3) is 5.57 Å². The number of hydrogen-bond donors (Lipinski definition) is 0. The van der Waals surface area contributed by atoms with Gasteiger partial charge in [-0.2, -0.15) is 0 Å². The van der Waals surface area contributed by atoms with Crippen LogP contribution in [-0.2, 0) is 4.74 Å². The van der Waals surface area contributed by atoms with E-state index < -0.39 is 0 Å². The molecule has 128 valence electrons. The molecule has 1 spiro atoms. The van der Waals surface area contributed by atoms with E-state index in [1.165, 1.54) is 6.42 Å². The van der Waals surface area contributed by atoms with Crippen LogP contribution in [0.2, 0.25) is 0 Å². The number of ether oxygens (including phenoxy) is 1. The van der Waals surface area contributed by atoms with Crippen LogP contribution in [0.5, 0.6) is 0 Å². The Morgan fingerprint density at radius 2 is 1.84 bits per heavy atom. The third-order valence-corrected chi connectivity index (χ3v) is 5.94. The van der Waals surface area contributed by atoms with Gasteiger partial charge in [0.25, 0.3) is 0 Å². The second kappa shape index (κ2) is 5.32. The molecule has 1 aromatic carbocycles. The van der Waals surface area contributed by atoms with E-state index in [9.17, 15) is 9.18 Å². The van der Waals surface area contributed by atoms with E-state index in [1.54, 1.807) is 4.90 Å². The topological polar surface area (TPSA) is 29.5 Å². The molecule has 2 fully saturated rings. The third-order valence-electron chi connectivity index (χ3n) is 5.94. The molecule has 0 aromatic heterocycles. The van der Waals surface area contributed by atoms with E-state index in [2.05, 4.69) is 0 Å². The minimum absolute atomic E-state index is 0.177. The van der Waals surface area contributed by atoms with Crippen LogP contribution >= 0.6 is 0 Å². The molecular formula is C21H20FNO2. The number of nitrogens with zero attached hydrogens (tertiary/aromatic N) is 1. The molecule has 0 radical (unpaired) electrons. The first-order chi connectivity index (χ1) is 12.2. The average Bonchev–Trinajstić information content (AvgIpc) is 2.96.